The van der Waals surface area contributed by atoms with Crippen molar-refractivity contribution in [3.05, 3.63) is 64.7 Å². The van der Waals surface area contributed by atoms with Gasteiger partial charge in [0.05, 0.1) is 23.2 Å². The summed E-state index contributed by atoms with van der Waals surface area (Å²) in [6, 6.07) is 12.5. The van der Waals surface area contributed by atoms with E-state index in [4.69, 9.17) is 36.3 Å². The van der Waals surface area contributed by atoms with Crippen LogP contribution in [0.3, 0.4) is 0 Å². The molecule has 0 aliphatic carbocycles. The fourth-order valence-corrected chi connectivity index (χ4v) is 5.28. The molecule has 10 heteroatoms. The van der Waals surface area contributed by atoms with Crippen molar-refractivity contribution in [1.29, 1.82) is 0 Å². The highest BCUT2D eigenvalue weighted by Crippen LogP contribution is 2.41. The van der Waals surface area contributed by atoms with E-state index in [0.717, 1.165) is 11.6 Å². The molecule has 6 atom stereocenters. The zero-order valence-corrected chi connectivity index (χ0v) is 18.0. The Morgan fingerprint density at radius 1 is 1.13 bits per heavy atom. The Morgan fingerprint density at radius 2 is 1.87 bits per heavy atom. The molecule has 2 aliphatic rings. The maximum absolute atomic E-state index is 13.0. The number of nitrogens with two attached hydrogens (primary N) is 1. The minimum atomic E-state index is -4.52. The predicted octanol–water partition coefficient (Wildman–Crippen LogP) is 4.63. The summed E-state index contributed by atoms with van der Waals surface area (Å²) < 4.78 is 62.5. The lowest BCUT2D eigenvalue weighted by Gasteiger charge is -2.48. The van der Waals surface area contributed by atoms with Crippen LogP contribution in [0.15, 0.2) is 53.4 Å². The molecule has 2 aromatic carbocycles. The van der Waals surface area contributed by atoms with Gasteiger partial charge in [0.15, 0.2) is 6.29 Å². The van der Waals surface area contributed by atoms with Gasteiger partial charge in [-0.15, -0.1) is 0 Å². The van der Waals surface area contributed by atoms with Crippen molar-refractivity contribution in [3.63, 3.8) is 0 Å². The summed E-state index contributed by atoms with van der Waals surface area (Å²) in [4.78, 5) is 0.510. The molecule has 0 amide bonds. The molecule has 31 heavy (non-hydrogen) atoms. The number of hydrogen-bond acceptors (Lipinski definition) is 6. The number of rotatable bonds is 4. The van der Waals surface area contributed by atoms with Gasteiger partial charge >= 0.3 is 6.18 Å². The Labute approximate surface area is 186 Å². The first-order valence-corrected chi connectivity index (χ1v) is 10.8. The van der Waals surface area contributed by atoms with Gasteiger partial charge in [-0.1, -0.05) is 53.7 Å². The van der Waals surface area contributed by atoms with Gasteiger partial charge in [0.1, 0.15) is 23.7 Å². The number of thioether (sulfide) groups is 1. The molecule has 168 valence electrons. The number of methoxy groups -OCH3 is 1. The average Bonchev–Trinajstić information content (AvgIpc) is 2.73. The van der Waals surface area contributed by atoms with E-state index in [1.165, 1.54) is 31.0 Å². The molecule has 0 saturated carbocycles. The van der Waals surface area contributed by atoms with Crippen LogP contribution in [0.2, 0.25) is 5.02 Å². The van der Waals surface area contributed by atoms with Crippen LogP contribution in [0.4, 0.5) is 13.2 Å². The molecule has 2 aliphatic heterocycles. The summed E-state index contributed by atoms with van der Waals surface area (Å²) in [5, 5.41) is -0.375. The molecule has 2 saturated heterocycles. The summed E-state index contributed by atoms with van der Waals surface area (Å²) >= 11 is 7.04. The SMILES string of the molecule is COC1C(Sc2ccc(C(F)(F)F)c(Cl)c2)OC2COC(c3ccccc3)OC2C1N. The van der Waals surface area contributed by atoms with Gasteiger partial charge in [-0.3, -0.25) is 0 Å². The molecule has 4 rings (SSSR count). The summed E-state index contributed by atoms with van der Waals surface area (Å²) in [5.41, 5.74) is 5.88. The van der Waals surface area contributed by atoms with Gasteiger partial charge in [-0.2, -0.15) is 13.2 Å². The Hall–Kier alpha value is -1.33. The zero-order chi connectivity index (χ0) is 22.2. The molecule has 2 heterocycles. The van der Waals surface area contributed by atoms with Crippen molar-refractivity contribution >= 4 is 23.4 Å². The quantitative estimate of drug-likeness (QED) is 0.695. The van der Waals surface area contributed by atoms with E-state index < -0.39 is 47.8 Å². The van der Waals surface area contributed by atoms with Crippen LogP contribution < -0.4 is 5.73 Å². The molecule has 0 bridgehead atoms. The molecule has 0 aromatic heterocycles. The summed E-state index contributed by atoms with van der Waals surface area (Å²) in [5.74, 6) is 0. The standard InChI is InChI=1S/C21H21ClF3NO4S/c1-27-18-16(26)17-15(10-28-19(30-17)11-5-3-2-4-6-11)29-20(18)31-12-7-8-13(14(22)9-12)21(23,24)25/h2-9,15-20H,10,26H2,1H3. The first-order chi connectivity index (χ1) is 14.8. The second-order valence-corrected chi connectivity index (χ2v) is 8.83. The van der Waals surface area contributed by atoms with Crippen molar-refractivity contribution < 1.29 is 32.1 Å². The van der Waals surface area contributed by atoms with Crippen molar-refractivity contribution in [3.8, 4) is 0 Å². The molecular formula is C21H21ClF3NO4S. The van der Waals surface area contributed by atoms with Crippen molar-refractivity contribution in [1.82, 2.24) is 0 Å². The Balaban J connectivity index is 1.49. The van der Waals surface area contributed by atoms with E-state index in [9.17, 15) is 13.2 Å². The minimum absolute atomic E-state index is 0.263. The largest absolute Gasteiger partial charge is 0.417 e. The third-order valence-corrected chi connectivity index (χ3v) is 6.69. The van der Waals surface area contributed by atoms with Crippen LogP contribution in [0.5, 0.6) is 0 Å². The van der Waals surface area contributed by atoms with Crippen LogP contribution >= 0.6 is 23.4 Å². The number of alkyl halides is 3. The zero-order valence-electron chi connectivity index (χ0n) is 16.4. The number of halogens is 4. The molecule has 2 fully saturated rings. The van der Waals surface area contributed by atoms with Gasteiger partial charge in [0.2, 0.25) is 0 Å². The normalized spacial score (nSPS) is 31.3. The minimum Gasteiger partial charge on any atom is -0.376 e. The summed E-state index contributed by atoms with van der Waals surface area (Å²) in [6.07, 6.45) is -6.53. The van der Waals surface area contributed by atoms with E-state index in [1.54, 1.807) is 0 Å². The van der Waals surface area contributed by atoms with Gasteiger partial charge < -0.3 is 24.7 Å². The highest BCUT2D eigenvalue weighted by atomic mass is 35.5. The van der Waals surface area contributed by atoms with Crippen LogP contribution in [-0.2, 0) is 25.1 Å². The third kappa shape index (κ3) is 4.88. The van der Waals surface area contributed by atoms with Gasteiger partial charge in [0, 0.05) is 17.6 Å². The second-order valence-electron chi connectivity index (χ2n) is 7.25. The maximum Gasteiger partial charge on any atom is 0.417 e. The van der Waals surface area contributed by atoms with Gasteiger partial charge in [0.25, 0.3) is 0 Å². The van der Waals surface area contributed by atoms with Crippen molar-refractivity contribution in [2.75, 3.05) is 13.7 Å². The van der Waals surface area contributed by atoms with E-state index in [1.807, 2.05) is 30.3 Å². The first kappa shape index (κ1) is 22.8. The Bertz CT molecular complexity index is 904. The number of hydrogen-bond donors (Lipinski definition) is 1. The van der Waals surface area contributed by atoms with E-state index >= 15 is 0 Å². The maximum atomic E-state index is 13.0. The fraction of sp³-hybridized carbons (Fsp3) is 0.429. The number of ether oxygens (including phenoxy) is 4. The smallest absolute Gasteiger partial charge is 0.376 e. The molecular weight excluding hydrogens is 455 g/mol. The lowest BCUT2D eigenvalue weighted by Crippen LogP contribution is -2.64. The lowest BCUT2D eigenvalue weighted by atomic mass is 9.97. The third-order valence-electron chi connectivity index (χ3n) is 5.24. The summed E-state index contributed by atoms with van der Waals surface area (Å²) in [6.45, 7) is 0.263. The first-order valence-electron chi connectivity index (χ1n) is 9.57. The van der Waals surface area contributed by atoms with Gasteiger partial charge in [-0.25, -0.2) is 0 Å². The highest BCUT2D eigenvalue weighted by Gasteiger charge is 2.49. The van der Waals surface area contributed by atoms with E-state index in [2.05, 4.69) is 0 Å². The van der Waals surface area contributed by atoms with Crippen LogP contribution in [0.25, 0.3) is 0 Å². The molecule has 2 aromatic rings. The van der Waals surface area contributed by atoms with E-state index in [0.29, 0.717) is 4.90 Å². The number of benzene rings is 2. The Kier molecular flexibility index (Phi) is 6.83. The Morgan fingerprint density at radius 3 is 2.52 bits per heavy atom. The fourth-order valence-electron chi connectivity index (χ4n) is 3.70. The molecule has 0 spiro atoms. The van der Waals surface area contributed by atoms with E-state index in [-0.39, 0.29) is 11.6 Å². The molecule has 0 radical (unpaired) electrons. The molecule has 5 nitrogen and oxygen atoms in total. The summed E-state index contributed by atoms with van der Waals surface area (Å²) in [7, 11) is 1.51. The highest BCUT2D eigenvalue weighted by molar-refractivity contribution is 7.99. The monoisotopic (exact) mass is 475 g/mol. The molecule has 2 N–H and O–H groups in total. The van der Waals surface area contributed by atoms with Crippen molar-refractivity contribution in [2.45, 2.75) is 47.2 Å². The van der Waals surface area contributed by atoms with Crippen LogP contribution in [-0.4, -0.2) is 43.5 Å². The van der Waals surface area contributed by atoms with Crippen LogP contribution in [0.1, 0.15) is 17.4 Å². The van der Waals surface area contributed by atoms with Crippen molar-refractivity contribution in [2.24, 2.45) is 5.73 Å². The lowest BCUT2D eigenvalue weighted by molar-refractivity contribution is -0.298. The molecule has 6 unspecified atom stereocenters. The van der Waals surface area contributed by atoms with Crippen LogP contribution in [0, 0.1) is 0 Å². The number of fused-ring (bicyclic) bond motifs is 1. The average molecular weight is 476 g/mol. The predicted molar refractivity (Wildman–Crippen MR) is 110 cm³/mol. The second kappa shape index (κ2) is 9.27. The van der Waals surface area contributed by atoms with Gasteiger partial charge in [-0.05, 0) is 18.2 Å². The topological polar surface area (TPSA) is 62.9 Å².